The highest BCUT2D eigenvalue weighted by atomic mass is 15.1. The van der Waals surface area contributed by atoms with E-state index < -0.39 is 0 Å². The molecule has 1 aromatic rings. The van der Waals surface area contributed by atoms with E-state index in [0.717, 1.165) is 12.0 Å². The molecule has 1 aromatic heterocycles. The molecular formula is C9H16N4. The standard InChI is InChI=1S/C9H16N4/c1-3-8-5-11-9(12-6-8)13-7(2)4-10/h5-7H,3-4,10H2,1-2H3,(H,11,12,13). The minimum atomic E-state index is 0.215. The van der Waals surface area contributed by atoms with Crippen LogP contribution in [0.3, 0.4) is 0 Å². The van der Waals surface area contributed by atoms with Crippen LogP contribution < -0.4 is 11.1 Å². The summed E-state index contributed by atoms with van der Waals surface area (Å²) >= 11 is 0. The fourth-order valence-corrected chi connectivity index (χ4v) is 0.891. The normalized spacial score (nSPS) is 12.5. The second-order valence-corrected chi connectivity index (χ2v) is 3.05. The molecule has 0 aliphatic heterocycles. The second kappa shape index (κ2) is 4.77. The van der Waals surface area contributed by atoms with Crippen molar-refractivity contribution in [1.29, 1.82) is 0 Å². The van der Waals surface area contributed by atoms with E-state index in [1.54, 1.807) is 0 Å². The fraction of sp³-hybridized carbons (Fsp3) is 0.556. The first kappa shape index (κ1) is 9.92. The molecule has 0 aliphatic rings. The molecule has 1 atom stereocenters. The zero-order chi connectivity index (χ0) is 9.68. The van der Waals surface area contributed by atoms with Crippen molar-refractivity contribution < 1.29 is 0 Å². The first-order valence-electron chi connectivity index (χ1n) is 4.53. The summed E-state index contributed by atoms with van der Waals surface area (Å²) in [5, 5.41) is 3.10. The number of aryl methyl sites for hydroxylation is 1. The number of hydrogen-bond acceptors (Lipinski definition) is 4. The lowest BCUT2D eigenvalue weighted by Gasteiger charge is -2.10. The maximum Gasteiger partial charge on any atom is 0.222 e. The molecule has 4 nitrogen and oxygen atoms in total. The third-order valence-electron chi connectivity index (χ3n) is 1.84. The summed E-state index contributed by atoms with van der Waals surface area (Å²) in [6.45, 7) is 4.66. The third-order valence-corrected chi connectivity index (χ3v) is 1.84. The molecular weight excluding hydrogens is 164 g/mol. The molecule has 0 aliphatic carbocycles. The van der Waals surface area contributed by atoms with Crippen molar-refractivity contribution in [3.05, 3.63) is 18.0 Å². The van der Waals surface area contributed by atoms with Crippen molar-refractivity contribution in [2.45, 2.75) is 26.3 Å². The summed E-state index contributed by atoms with van der Waals surface area (Å²) in [6.07, 6.45) is 4.63. The first-order chi connectivity index (χ1) is 6.26. The van der Waals surface area contributed by atoms with Gasteiger partial charge in [0.05, 0.1) is 0 Å². The first-order valence-corrected chi connectivity index (χ1v) is 4.53. The van der Waals surface area contributed by atoms with Crippen LogP contribution in [0, 0.1) is 0 Å². The SMILES string of the molecule is CCc1cnc(NC(C)CN)nc1. The highest BCUT2D eigenvalue weighted by molar-refractivity contribution is 5.26. The van der Waals surface area contributed by atoms with Crippen molar-refractivity contribution in [1.82, 2.24) is 9.97 Å². The van der Waals surface area contributed by atoms with Crippen LogP contribution in [0.5, 0.6) is 0 Å². The van der Waals surface area contributed by atoms with Gasteiger partial charge in [0.2, 0.25) is 5.95 Å². The van der Waals surface area contributed by atoms with Gasteiger partial charge in [-0.3, -0.25) is 0 Å². The maximum atomic E-state index is 5.46. The molecule has 0 radical (unpaired) electrons. The van der Waals surface area contributed by atoms with Gasteiger partial charge < -0.3 is 11.1 Å². The molecule has 1 unspecified atom stereocenters. The van der Waals surface area contributed by atoms with Crippen LogP contribution in [0.25, 0.3) is 0 Å². The highest BCUT2D eigenvalue weighted by Gasteiger charge is 2.00. The Labute approximate surface area is 78.6 Å². The summed E-state index contributed by atoms with van der Waals surface area (Å²) in [5.74, 6) is 0.648. The molecule has 0 amide bonds. The van der Waals surface area contributed by atoms with E-state index in [4.69, 9.17) is 5.73 Å². The maximum absolute atomic E-state index is 5.46. The highest BCUT2D eigenvalue weighted by Crippen LogP contribution is 2.01. The topological polar surface area (TPSA) is 63.8 Å². The minimum absolute atomic E-state index is 0.215. The molecule has 1 rings (SSSR count). The zero-order valence-electron chi connectivity index (χ0n) is 8.12. The average molecular weight is 180 g/mol. The van der Waals surface area contributed by atoms with Gasteiger partial charge in [-0.05, 0) is 18.9 Å². The lowest BCUT2D eigenvalue weighted by Crippen LogP contribution is -2.26. The lowest BCUT2D eigenvalue weighted by atomic mass is 10.3. The quantitative estimate of drug-likeness (QED) is 0.719. The number of anilines is 1. The van der Waals surface area contributed by atoms with Gasteiger partial charge in [-0.15, -0.1) is 0 Å². The zero-order valence-corrected chi connectivity index (χ0v) is 8.12. The molecule has 4 heteroatoms. The Morgan fingerprint density at radius 2 is 2.08 bits per heavy atom. The van der Waals surface area contributed by atoms with Crippen molar-refractivity contribution in [2.24, 2.45) is 5.73 Å². The Kier molecular flexibility index (Phi) is 3.64. The largest absolute Gasteiger partial charge is 0.351 e. The van der Waals surface area contributed by atoms with Gasteiger partial charge in [-0.25, -0.2) is 9.97 Å². The summed E-state index contributed by atoms with van der Waals surface area (Å²) < 4.78 is 0. The van der Waals surface area contributed by atoms with Crippen molar-refractivity contribution in [3.8, 4) is 0 Å². The van der Waals surface area contributed by atoms with E-state index >= 15 is 0 Å². The van der Waals surface area contributed by atoms with Crippen LogP contribution in [0.1, 0.15) is 19.4 Å². The summed E-state index contributed by atoms with van der Waals surface area (Å²) in [4.78, 5) is 8.32. The number of nitrogens with one attached hydrogen (secondary N) is 1. The minimum Gasteiger partial charge on any atom is -0.351 e. The molecule has 0 fully saturated rings. The molecule has 13 heavy (non-hydrogen) atoms. The number of aromatic nitrogens is 2. The van der Waals surface area contributed by atoms with Crippen LogP contribution in [0.15, 0.2) is 12.4 Å². The number of nitrogens with two attached hydrogens (primary N) is 1. The van der Waals surface area contributed by atoms with Crippen LogP contribution in [-0.2, 0) is 6.42 Å². The van der Waals surface area contributed by atoms with E-state index in [1.165, 1.54) is 0 Å². The molecule has 0 saturated carbocycles. The van der Waals surface area contributed by atoms with Gasteiger partial charge in [0, 0.05) is 25.0 Å². The van der Waals surface area contributed by atoms with Crippen LogP contribution in [-0.4, -0.2) is 22.6 Å². The monoisotopic (exact) mass is 180 g/mol. The Morgan fingerprint density at radius 1 is 1.46 bits per heavy atom. The Balaban J connectivity index is 2.58. The van der Waals surface area contributed by atoms with Crippen LogP contribution in [0.2, 0.25) is 0 Å². The fourth-order valence-electron chi connectivity index (χ4n) is 0.891. The average Bonchev–Trinajstić information content (AvgIpc) is 2.19. The van der Waals surface area contributed by atoms with Crippen molar-refractivity contribution in [2.75, 3.05) is 11.9 Å². The van der Waals surface area contributed by atoms with Crippen LogP contribution in [0.4, 0.5) is 5.95 Å². The number of nitrogens with zero attached hydrogens (tertiary/aromatic N) is 2. The lowest BCUT2D eigenvalue weighted by molar-refractivity contribution is 0.789. The summed E-state index contributed by atoms with van der Waals surface area (Å²) in [6, 6.07) is 0.215. The predicted molar refractivity (Wildman–Crippen MR) is 53.5 cm³/mol. The molecule has 0 aromatic carbocycles. The molecule has 1 heterocycles. The number of rotatable bonds is 4. The van der Waals surface area contributed by atoms with Crippen molar-refractivity contribution >= 4 is 5.95 Å². The summed E-state index contributed by atoms with van der Waals surface area (Å²) in [5.41, 5.74) is 6.60. The van der Waals surface area contributed by atoms with E-state index in [1.807, 2.05) is 19.3 Å². The smallest absolute Gasteiger partial charge is 0.222 e. The summed E-state index contributed by atoms with van der Waals surface area (Å²) in [7, 11) is 0. The van der Waals surface area contributed by atoms with E-state index in [0.29, 0.717) is 12.5 Å². The number of hydrogen-bond donors (Lipinski definition) is 2. The van der Waals surface area contributed by atoms with Gasteiger partial charge in [-0.1, -0.05) is 6.92 Å². The van der Waals surface area contributed by atoms with Crippen LogP contribution >= 0.6 is 0 Å². The van der Waals surface area contributed by atoms with Gasteiger partial charge in [0.15, 0.2) is 0 Å². The molecule has 0 saturated heterocycles. The Morgan fingerprint density at radius 3 is 2.54 bits per heavy atom. The van der Waals surface area contributed by atoms with Gasteiger partial charge >= 0.3 is 0 Å². The molecule has 72 valence electrons. The van der Waals surface area contributed by atoms with Gasteiger partial charge in [-0.2, -0.15) is 0 Å². The Hall–Kier alpha value is -1.16. The second-order valence-electron chi connectivity index (χ2n) is 3.05. The van der Waals surface area contributed by atoms with E-state index in [2.05, 4.69) is 22.2 Å². The van der Waals surface area contributed by atoms with Gasteiger partial charge in [0.25, 0.3) is 0 Å². The molecule has 0 spiro atoms. The molecule has 3 N–H and O–H groups in total. The van der Waals surface area contributed by atoms with Crippen molar-refractivity contribution in [3.63, 3.8) is 0 Å². The molecule has 0 bridgehead atoms. The van der Waals surface area contributed by atoms with E-state index in [-0.39, 0.29) is 6.04 Å². The van der Waals surface area contributed by atoms with E-state index in [9.17, 15) is 0 Å². The third kappa shape index (κ3) is 2.99. The predicted octanol–water partition coefficient (Wildman–Crippen LogP) is 0.798. The van der Waals surface area contributed by atoms with Gasteiger partial charge in [0.1, 0.15) is 0 Å². The Bertz CT molecular complexity index is 244.